The van der Waals surface area contributed by atoms with E-state index in [9.17, 15) is 8.42 Å². The summed E-state index contributed by atoms with van der Waals surface area (Å²) >= 11 is 0. The van der Waals surface area contributed by atoms with E-state index in [2.05, 4.69) is 4.98 Å². The second kappa shape index (κ2) is 5.14. The maximum Gasteiger partial charge on any atom is 0.150 e. The summed E-state index contributed by atoms with van der Waals surface area (Å²) in [4.78, 5) is 4.12. The molecular formula is C15H18N2O2S. The quantitative estimate of drug-likeness (QED) is 0.939. The summed E-state index contributed by atoms with van der Waals surface area (Å²) < 4.78 is 23.0. The molecule has 0 aliphatic carbocycles. The number of nitrogens with zero attached hydrogens (tertiary/aromatic N) is 1. The first kappa shape index (κ1) is 13.5. The van der Waals surface area contributed by atoms with E-state index in [0.717, 1.165) is 29.2 Å². The van der Waals surface area contributed by atoms with Gasteiger partial charge < -0.3 is 5.73 Å². The molecule has 1 fully saturated rings. The molecule has 1 aliphatic rings. The number of hydrogen-bond donors (Lipinski definition) is 1. The number of nitrogens with two attached hydrogens (primary N) is 1. The molecule has 2 N–H and O–H groups in total. The van der Waals surface area contributed by atoms with Crippen LogP contribution >= 0.6 is 0 Å². The highest BCUT2D eigenvalue weighted by atomic mass is 32.2. The lowest BCUT2D eigenvalue weighted by atomic mass is 9.92. The van der Waals surface area contributed by atoms with Crippen molar-refractivity contribution >= 4 is 20.6 Å². The molecule has 2 heterocycles. The van der Waals surface area contributed by atoms with Crippen LogP contribution in [0.1, 0.15) is 24.4 Å². The molecule has 0 bridgehead atoms. The van der Waals surface area contributed by atoms with Gasteiger partial charge in [-0.05, 0) is 35.8 Å². The Morgan fingerprint density at radius 2 is 2.20 bits per heavy atom. The predicted molar refractivity (Wildman–Crippen MR) is 80.0 cm³/mol. The lowest BCUT2D eigenvalue weighted by Crippen LogP contribution is -2.16. The smallest absolute Gasteiger partial charge is 0.150 e. The molecule has 2 atom stereocenters. The lowest BCUT2D eigenvalue weighted by molar-refractivity contribution is 0.483. The largest absolute Gasteiger partial charge is 0.324 e. The number of rotatable bonds is 3. The number of pyridine rings is 1. The van der Waals surface area contributed by atoms with Crippen LogP contribution in [0.2, 0.25) is 0 Å². The molecule has 0 amide bonds. The molecule has 1 aliphatic heterocycles. The number of aromatic nitrogens is 1. The van der Waals surface area contributed by atoms with Crippen molar-refractivity contribution in [1.29, 1.82) is 0 Å². The van der Waals surface area contributed by atoms with Gasteiger partial charge in [0.05, 0.1) is 11.5 Å². The summed E-state index contributed by atoms with van der Waals surface area (Å²) in [5.74, 6) is 0.781. The zero-order valence-corrected chi connectivity index (χ0v) is 12.0. The Bertz CT molecular complexity index is 722. The topological polar surface area (TPSA) is 73.1 Å². The van der Waals surface area contributed by atoms with Crippen LogP contribution in [-0.2, 0) is 9.84 Å². The third-order valence-electron chi connectivity index (χ3n) is 4.03. The van der Waals surface area contributed by atoms with E-state index in [-0.39, 0.29) is 17.7 Å². The maximum absolute atomic E-state index is 11.5. The van der Waals surface area contributed by atoms with E-state index >= 15 is 0 Å². The van der Waals surface area contributed by atoms with Crippen LogP contribution in [0.5, 0.6) is 0 Å². The van der Waals surface area contributed by atoms with Gasteiger partial charge in [0.2, 0.25) is 0 Å². The minimum Gasteiger partial charge on any atom is -0.324 e. The molecule has 2 unspecified atom stereocenters. The summed E-state index contributed by atoms with van der Waals surface area (Å²) in [6.45, 7) is 0. The molecule has 0 saturated carbocycles. The van der Waals surface area contributed by atoms with E-state index in [1.54, 1.807) is 6.20 Å². The standard InChI is InChI=1S/C15H18N2O2S/c16-15(8-11-5-7-20(18,19)10-11)14-3-1-2-12-9-17-6-4-13(12)14/h1-4,6,9,11,15H,5,7-8,10,16H2. The van der Waals surface area contributed by atoms with Gasteiger partial charge in [0.25, 0.3) is 0 Å². The van der Waals surface area contributed by atoms with Crippen LogP contribution in [0.4, 0.5) is 0 Å². The van der Waals surface area contributed by atoms with Crippen molar-refractivity contribution in [2.45, 2.75) is 18.9 Å². The summed E-state index contributed by atoms with van der Waals surface area (Å²) in [6, 6.07) is 7.86. The van der Waals surface area contributed by atoms with E-state index < -0.39 is 9.84 Å². The fourth-order valence-electron chi connectivity index (χ4n) is 3.01. The second-order valence-corrected chi connectivity index (χ2v) is 7.78. The molecule has 5 heteroatoms. The van der Waals surface area contributed by atoms with Gasteiger partial charge >= 0.3 is 0 Å². The maximum atomic E-state index is 11.5. The SMILES string of the molecule is NC(CC1CCS(=O)(=O)C1)c1cccc2cnccc12. The van der Waals surface area contributed by atoms with Crippen molar-refractivity contribution in [1.82, 2.24) is 4.98 Å². The normalized spacial score (nSPS) is 22.9. The van der Waals surface area contributed by atoms with E-state index in [1.165, 1.54) is 0 Å². The van der Waals surface area contributed by atoms with Crippen LogP contribution in [0.15, 0.2) is 36.7 Å². The fraction of sp³-hybridized carbons (Fsp3) is 0.400. The Morgan fingerprint density at radius 1 is 1.35 bits per heavy atom. The average Bonchev–Trinajstić information content (AvgIpc) is 2.77. The molecule has 0 radical (unpaired) electrons. The molecule has 1 aromatic heterocycles. The summed E-state index contributed by atoms with van der Waals surface area (Å²) in [5, 5.41) is 2.18. The van der Waals surface area contributed by atoms with Crippen molar-refractivity contribution in [3.05, 3.63) is 42.2 Å². The highest BCUT2D eigenvalue weighted by Gasteiger charge is 2.29. The predicted octanol–water partition coefficient (Wildman–Crippen LogP) is 2.06. The third kappa shape index (κ3) is 2.69. The molecule has 0 spiro atoms. The van der Waals surface area contributed by atoms with E-state index in [4.69, 9.17) is 5.73 Å². The highest BCUT2D eigenvalue weighted by Crippen LogP contribution is 2.30. The number of fused-ring (bicyclic) bond motifs is 1. The van der Waals surface area contributed by atoms with Gasteiger partial charge in [-0.1, -0.05) is 18.2 Å². The second-order valence-electron chi connectivity index (χ2n) is 5.56. The molecular weight excluding hydrogens is 272 g/mol. The third-order valence-corrected chi connectivity index (χ3v) is 5.86. The zero-order valence-electron chi connectivity index (χ0n) is 11.2. The zero-order chi connectivity index (χ0) is 14.2. The fourth-order valence-corrected chi connectivity index (χ4v) is 4.90. The van der Waals surface area contributed by atoms with Crippen molar-refractivity contribution in [2.75, 3.05) is 11.5 Å². The minimum absolute atomic E-state index is 0.126. The van der Waals surface area contributed by atoms with Crippen LogP contribution in [0.3, 0.4) is 0 Å². The summed E-state index contributed by atoms with van der Waals surface area (Å²) in [7, 11) is -2.83. The Labute approximate surface area is 118 Å². The molecule has 1 saturated heterocycles. The molecule has 3 rings (SSSR count). The van der Waals surface area contributed by atoms with Gasteiger partial charge in [-0.25, -0.2) is 8.42 Å². The minimum atomic E-state index is -2.83. The number of benzene rings is 1. The summed E-state index contributed by atoms with van der Waals surface area (Å²) in [5.41, 5.74) is 7.39. The number of sulfone groups is 1. The Hall–Kier alpha value is -1.46. The van der Waals surface area contributed by atoms with Crippen molar-refractivity contribution in [3.8, 4) is 0 Å². The van der Waals surface area contributed by atoms with Crippen molar-refractivity contribution < 1.29 is 8.42 Å². The van der Waals surface area contributed by atoms with Gasteiger partial charge in [-0.3, -0.25) is 4.98 Å². The lowest BCUT2D eigenvalue weighted by Gasteiger charge is -2.17. The first-order chi connectivity index (χ1) is 9.55. The van der Waals surface area contributed by atoms with Gasteiger partial charge in [0.15, 0.2) is 9.84 Å². The molecule has 20 heavy (non-hydrogen) atoms. The van der Waals surface area contributed by atoms with Crippen molar-refractivity contribution in [3.63, 3.8) is 0 Å². The average molecular weight is 290 g/mol. The number of hydrogen-bond acceptors (Lipinski definition) is 4. The Morgan fingerprint density at radius 3 is 2.95 bits per heavy atom. The molecule has 106 valence electrons. The van der Waals surface area contributed by atoms with Gasteiger partial charge in [0, 0.05) is 23.8 Å². The van der Waals surface area contributed by atoms with Crippen LogP contribution in [-0.4, -0.2) is 24.9 Å². The summed E-state index contributed by atoms with van der Waals surface area (Å²) in [6.07, 6.45) is 5.05. The van der Waals surface area contributed by atoms with E-state index in [0.29, 0.717) is 5.75 Å². The van der Waals surface area contributed by atoms with Crippen LogP contribution in [0, 0.1) is 5.92 Å². The Kier molecular flexibility index (Phi) is 3.48. The molecule has 4 nitrogen and oxygen atoms in total. The Balaban J connectivity index is 1.84. The van der Waals surface area contributed by atoms with Gasteiger partial charge in [-0.15, -0.1) is 0 Å². The molecule has 1 aromatic carbocycles. The molecule has 2 aromatic rings. The van der Waals surface area contributed by atoms with Gasteiger partial charge in [-0.2, -0.15) is 0 Å². The van der Waals surface area contributed by atoms with Gasteiger partial charge in [0.1, 0.15) is 0 Å². The van der Waals surface area contributed by atoms with Crippen LogP contribution < -0.4 is 5.73 Å². The van der Waals surface area contributed by atoms with Crippen LogP contribution in [0.25, 0.3) is 10.8 Å². The van der Waals surface area contributed by atoms with Crippen molar-refractivity contribution in [2.24, 2.45) is 11.7 Å². The first-order valence-electron chi connectivity index (χ1n) is 6.84. The first-order valence-corrected chi connectivity index (χ1v) is 8.66. The monoisotopic (exact) mass is 290 g/mol. The van der Waals surface area contributed by atoms with E-state index in [1.807, 2.05) is 30.5 Å². The highest BCUT2D eigenvalue weighted by molar-refractivity contribution is 7.91.